The number of nitrogens with zero attached hydrogens (tertiary/aromatic N) is 1. The molecule has 0 bridgehead atoms. The predicted octanol–water partition coefficient (Wildman–Crippen LogP) is 4.12. The Morgan fingerprint density at radius 1 is 1.06 bits per heavy atom. The number of hydrogen-bond acceptors (Lipinski definition) is 3. The van der Waals surface area contributed by atoms with Crippen LogP contribution in [0.2, 0.25) is 0 Å². The van der Waals surface area contributed by atoms with E-state index in [-0.39, 0.29) is 5.37 Å². The molecule has 0 aliphatic carbocycles. The van der Waals surface area contributed by atoms with Crippen LogP contribution < -0.4 is 4.90 Å². The van der Waals surface area contributed by atoms with Crippen molar-refractivity contribution >= 4 is 35.0 Å². The van der Waals surface area contributed by atoms with Gasteiger partial charge in [-0.15, -0.1) is 0 Å². The molecule has 1 nitrogen and oxygen atoms in total. The van der Waals surface area contributed by atoms with E-state index in [1.165, 1.54) is 16.1 Å². The van der Waals surface area contributed by atoms with E-state index in [0.29, 0.717) is 0 Å². The highest BCUT2D eigenvalue weighted by molar-refractivity contribution is 8.02. The van der Waals surface area contributed by atoms with Crippen LogP contribution in [0.15, 0.2) is 59.5 Å². The first kappa shape index (κ1) is 11.8. The molecule has 3 rings (SSSR count). The smallest absolute Gasteiger partial charge is 0.109 e. The summed E-state index contributed by atoms with van der Waals surface area (Å²) < 4.78 is 0. The van der Waals surface area contributed by atoms with Crippen LogP contribution in [-0.2, 0) is 6.54 Å². The van der Waals surface area contributed by atoms with Crippen LogP contribution in [0.5, 0.6) is 0 Å². The van der Waals surface area contributed by atoms with Gasteiger partial charge in [-0.05, 0) is 17.7 Å². The summed E-state index contributed by atoms with van der Waals surface area (Å²) in [4.78, 5) is 3.68. The largest absolute Gasteiger partial charge is 0.350 e. The first-order valence-corrected chi connectivity index (χ1v) is 7.25. The number of thioether (sulfide) groups is 1. The Morgan fingerprint density at radius 2 is 1.78 bits per heavy atom. The Hall–Kier alpha value is -1.32. The lowest BCUT2D eigenvalue weighted by molar-refractivity contribution is 0.870. The van der Waals surface area contributed by atoms with Crippen molar-refractivity contribution in [3.05, 3.63) is 60.2 Å². The minimum Gasteiger partial charge on any atom is -0.350 e. The lowest BCUT2D eigenvalue weighted by atomic mass is 10.2. The van der Waals surface area contributed by atoms with Gasteiger partial charge >= 0.3 is 0 Å². The first-order chi connectivity index (χ1) is 8.88. The van der Waals surface area contributed by atoms with Gasteiger partial charge in [-0.25, -0.2) is 0 Å². The monoisotopic (exact) mass is 271 g/mol. The van der Waals surface area contributed by atoms with E-state index in [1.807, 2.05) is 23.2 Å². The SMILES string of the molecule is S=CC1Sc2ccccc2N1Cc1ccccc1. The van der Waals surface area contributed by atoms with Crippen molar-refractivity contribution in [1.29, 1.82) is 0 Å². The van der Waals surface area contributed by atoms with Crippen LogP contribution in [-0.4, -0.2) is 10.7 Å². The molecule has 0 radical (unpaired) electrons. The van der Waals surface area contributed by atoms with Gasteiger partial charge in [-0.1, -0.05) is 66.4 Å². The Bertz CT molecular complexity index is 553. The van der Waals surface area contributed by atoms with E-state index < -0.39 is 0 Å². The van der Waals surface area contributed by atoms with Crippen molar-refractivity contribution in [3.8, 4) is 0 Å². The van der Waals surface area contributed by atoms with Crippen molar-refractivity contribution < 1.29 is 0 Å². The second-order valence-electron chi connectivity index (χ2n) is 4.23. The van der Waals surface area contributed by atoms with Gasteiger partial charge in [-0.2, -0.15) is 0 Å². The second kappa shape index (κ2) is 5.12. The molecule has 0 saturated carbocycles. The van der Waals surface area contributed by atoms with Crippen molar-refractivity contribution in [2.75, 3.05) is 4.90 Å². The number of hydrogen-bond donors (Lipinski definition) is 0. The summed E-state index contributed by atoms with van der Waals surface area (Å²) in [6, 6.07) is 19.0. The molecule has 2 aromatic carbocycles. The molecule has 0 amide bonds. The number of thiocarbonyl (C=S) groups is 1. The minimum absolute atomic E-state index is 0.262. The highest BCUT2D eigenvalue weighted by atomic mass is 32.2. The fraction of sp³-hybridized carbons (Fsp3) is 0.133. The predicted molar refractivity (Wildman–Crippen MR) is 82.4 cm³/mol. The summed E-state index contributed by atoms with van der Waals surface area (Å²) in [6.07, 6.45) is 0. The third-order valence-corrected chi connectivity index (χ3v) is 4.70. The van der Waals surface area contributed by atoms with Crippen molar-refractivity contribution in [1.82, 2.24) is 0 Å². The third-order valence-electron chi connectivity index (χ3n) is 3.04. The van der Waals surface area contributed by atoms with Crippen LogP contribution in [0.1, 0.15) is 5.56 Å². The van der Waals surface area contributed by atoms with Gasteiger partial charge in [0.2, 0.25) is 0 Å². The summed E-state index contributed by atoms with van der Waals surface area (Å²) in [5.74, 6) is 0. The van der Waals surface area contributed by atoms with E-state index >= 15 is 0 Å². The molecule has 1 aliphatic rings. The molecule has 18 heavy (non-hydrogen) atoms. The third kappa shape index (κ3) is 2.16. The number of anilines is 1. The second-order valence-corrected chi connectivity index (χ2v) is 5.66. The number of fused-ring (bicyclic) bond motifs is 1. The highest BCUT2D eigenvalue weighted by Crippen LogP contribution is 2.43. The van der Waals surface area contributed by atoms with Crippen LogP contribution in [0.4, 0.5) is 5.69 Å². The van der Waals surface area contributed by atoms with Crippen molar-refractivity contribution in [2.45, 2.75) is 16.8 Å². The molecule has 0 aromatic heterocycles. The van der Waals surface area contributed by atoms with Gasteiger partial charge in [-0.3, -0.25) is 0 Å². The molecule has 3 heteroatoms. The fourth-order valence-corrected chi connectivity index (χ4v) is 3.59. The fourth-order valence-electron chi connectivity index (χ4n) is 2.18. The summed E-state index contributed by atoms with van der Waals surface area (Å²) in [7, 11) is 0. The Kier molecular flexibility index (Phi) is 3.35. The molecule has 0 N–H and O–H groups in total. The normalized spacial score (nSPS) is 17.6. The Balaban J connectivity index is 1.92. The molecule has 0 saturated heterocycles. The van der Waals surface area contributed by atoms with Gasteiger partial charge in [0, 0.05) is 16.8 Å². The highest BCUT2D eigenvalue weighted by Gasteiger charge is 2.27. The van der Waals surface area contributed by atoms with E-state index in [1.54, 1.807) is 0 Å². The molecule has 0 spiro atoms. The molecular weight excluding hydrogens is 258 g/mol. The molecular formula is C15H13NS2. The zero-order valence-electron chi connectivity index (χ0n) is 9.82. The summed E-state index contributed by atoms with van der Waals surface area (Å²) in [6.45, 7) is 0.905. The average molecular weight is 271 g/mol. The molecule has 1 atom stereocenters. The molecule has 1 aliphatic heterocycles. The maximum atomic E-state index is 5.16. The van der Waals surface area contributed by atoms with E-state index in [0.717, 1.165) is 6.54 Å². The Labute approximate surface area is 117 Å². The van der Waals surface area contributed by atoms with Gasteiger partial charge in [0.25, 0.3) is 0 Å². The van der Waals surface area contributed by atoms with Crippen LogP contribution in [0, 0.1) is 0 Å². The van der Waals surface area contributed by atoms with Gasteiger partial charge < -0.3 is 4.90 Å². The van der Waals surface area contributed by atoms with Crippen LogP contribution in [0.3, 0.4) is 0 Å². The maximum absolute atomic E-state index is 5.16. The standard InChI is InChI=1S/C15H13NS2/c17-11-15-16(10-12-6-2-1-3-7-12)13-8-4-5-9-14(13)18-15/h1-9,11,15H,10H2. The number of para-hydroxylation sites is 1. The van der Waals surface area contributed by atoms with Gasteiger partial charge in [0.05, 0.1) is 5.69 Å². The minimum atomic E-state index is 0.262. The van der Waals surface area contributed by atoms with E-state index in [2.05, 4.69) is 53.4 Å². The molecule has 2 aromatic rings. The van der Waals surface area contributed by atoms with E-state index in [4.69, 9.17) is 12.2 Å². The first-order valence-electron chi connectivity index (χ1n) is 5.90. The summed E-state index contributed by atoms with van der Waals surface area (Å²) >= 11 is 6.99. The number of benzene rings is 2. The maximum Gasteiger partial charge on any atom is 0.109 e. The molecule has 0 fully saturated rings. The quantitative estimate of drug-likeness (QED) is 0.773. The summed E-state index contributed by atoms with van der Waals surface area (Å²) in [5.41, 5.74) is 2.61. The topological polar surface area (TPSA) is 3.24 Å². The van der Waals surface area contributed by atoms with Crippen molar-refractivity contribution in [2.24, 2.45) is 0 Å². The van der Waals surface area contributed by atoms with Crippen molar-refractivity contribution in [3.63, 3.8) is 0 Å². The number of rotatable bonds is 3. The van der Waals surface area contributed by atoms with Gasteiger partial charge in [0.1, 0.15) is 5.37 Å². The molecule has 1 heterocycles. The van der Waals surface area contributed by atoms with E-state index in [9.17, 15) is 0 Å². The summed E-state index contributed by atoms with van der Waals surface area (Å²) in [5, 5.41) is 2.12. The van der Waals surface area contributed by atoms with Gasteiger partial charge in [0.15, 0.2) is 0 Å². The lowest BCUT2D eigenvalue weighted by Crippen LogP contribution is -2.29. The van der Waals surface area contributed by atoms with Crippen LogP contribution >= 0.6 is 24.0 Å². The molecule has 1 unspecified atom stereocenters. The molecule has 90 valence electrons. The average Bonchev–Trinajstić information content (AvgIpc) is 2.78. The zero-order chi connectivity index (χ0) is 12.4. The Morgan fingerprint density at radius 3 is 2.56 bits per heavy atom. The van der Waals surface area contributed by atoms with Crippen LogP contribution in [0.25, 0.3) is 0 Å². The zero-order valence-corrected chi connectivity index (χ0v) is 11.5. The lowest BCUT2D eigenvalue weighted by Gasteiger charge is -2.23.